The van der Waals surface area contributed by atoms with Crippen LogP contribution < -0.4 is 5.32 Å². The number of carbonyl (C=O) groups excluding carboxylic acids is 1. The topological polar surface area (TPSA) is 64.1 Å². The Labute approximate surface area is 154 Å². The minimum atomic E-state index is -0.361. The highest BCUT2D eigenvalue weighted by Crippen LogP contribution is 2.32. The third-order valence-electron chi connectivity index (χ3n) is 4.73. The van der Waals surface area contributed by atoms with Gasteiger partial charge in [0, 0.05) is 18.6 Å². The van der Waals surface area contributed by atoms with Gasteiger partial charge in [-0.2, -0.15) is 0 Å². The Bertz CT molecular complexity index is 942. The number of hydrogen-bond donors (Lipinski definition) is 1. The summed E-state index contributed by atoms with van der Waals surface area (Å²) in [7, 11) is 1.69. The summed E-state index contributed by atoms with van der Waals surface area (Å²) < 4.78 is 19.3. The van der Waals surface area contributed by atoms with Gasteiger partial charge < -0.3 is 10.1 Å². The van der Waals surface area contributed by atoms with Crippen LogP contribution in [0.2, 0.25) is 0 Å². The van der Waals surface area contributed by atoms with Gasteiger partial charge in [-0.1, -0.05) is 17.4 Å². The maximum Gasteiger partial charge on any atom is 0.229 e. The van der Waals surface area contributed by atoms with Crippen LogP contribution in [0.5, 0.6) is 0 Å². The van der Waals surface area contributed by atoms with Crippen molar-refractivity contribution in [1.82, 2.24) is 9.97 Å². The number of thiazole rings is 1. The minimum absolute atomic E-state index is 0.00373. The highest BCUT2D eigenvalue weighted by molar-refractivity contribution is 7.22. The molecule has 1 fully saturated rings. The monoisotopic (exact) mass is 371 g/mol. The number of nitrogens with zero attached hydrogens (tertiary/aromatic N) is 2. The Morgan fingerprint density at radius 1 is 1.31 bits per heavy atom. The van der Waals surface area contributed by atoms with Crippen molar-refractivity contribution in [3.63, 3.8) is 0 Å². The molecule has 0 saturated heterocycles. The molecule has 1 amide bonds. The van der Waals surface area contributed by atoms with Crippen LogP contribution in [0.25, 0.3) is 21.5 Å². The van der Waals surface area contributed by atoms with Gasteiger partial charge in [0.1, 0.15) is 5.82 Å². The minimum Gasteiger partial charge on any atom is -0.381 e. The molecule has 1 aliphatic carbocycles. The molecule has 1 N–H and O–H groups in total. The molecule has 2 aromatic heterocycles. The summed E-state index contributed by atoms with van der Waals surface area (Å²) in [5, 5.41) is 3.53. The molecule has 1 aromatic carbocycles. The number of benzene rings is 1. The molecule has 0 bridgehead atoms. The van der Waals surface area contributed by atoms with Gasteiger partial charge >= 0.3 is 0 Å². The molecule has 3 aromatic rings. The van der Waals surface area contributed by atoms with E-state index in [2.05, 4.69) is 15.3 Å². The van der Waals surface area contributed by atoms with E-state index in [-0.39, 0.29) is 23.7 Å². The first-order valence-electron chi connectivity index (χ1n) is 8.48. The quantitative estimate of drug-likeness (QED) is 0.745. The van der Waals surface area contributed by atoms with Gasteiger partial charge in [0.05, 0.1) is 28.2 Å². The van der Waals surface area contributed by atoms with Crippen molar-refractivity contribution >= 4 is 32.6 Å². The summed E-state index contributed by atoms with van der Waals surface area (Å²) >= 11 is 1.43. The van der Waals surface area contributed by atoms with Crippen LogP contribution in [0, 0.1) is 11.7 Å². The SMILES string of the molecule is COC1CCC(C(=O)Nc2nc3ccc(-c4ccc(F)cn4)cc3s2)C1. The predicted octanol–water partition coefficient (Wildman–Crippen LogP) is 4.25. The lowest BCUT2D eigenvalue weighted by Crippen LogP contribution is -2.21. The van der Waals surface area contributed by atoms with Crippen LogP contribution in [-0.4, -0.2) is 29.1 Å². The van der Waals surface area contributed by atoms with Crippen LogP contribution in [0.4, 0.5) is 9.52 Å². The normalized spacial score (nSPS) is 19.8. The van der Waals surface area contributed by atoms with Crippen LogP contribution in [0.1, 0.15) is 19.3 Å². The number of fused-ring (bicyclic) bond motifs is 1. The second-order valence-electron chi connectivity index (χ2n) is 6.42. The number of methoxy groups -OCH3 is 1. The highest BCUT2D eigenvalue weighted by atomic mass is 32.1. The van der Waals surface area contributed by atoms with Crippen molar-refractivity contribution < 1.29 is 13.9 Å². The van der Waals surface area contributed by atoms with Crippen LogP contribution >= 0.6 is 11.3 Å². The molecule has 2 heterocycles. The largest absolute Gasteiger partial charge is 0.381 e. The van der Waals surface area contributed by atoms with E-state index in [0.29, 0.717) is 10.8 Å². The van der Waals surface area contributed by atoms with E-state index in [0.717, 1.165) is 35.0 Å². The predicted molar refractivity (Wildman–Crippen MR) is 99.6 cm³/mol. The van der Waals surface area contributed by atoms with Gasteiger partial charge in [0.15, 0.2) is 5.13 Å². The first kappa shape index (κ1) is 17.1. The molecular formula is C19H18FN3O2S. The second kappa shape index (κ2) is 7.09. The molecule has 2 atom stereocenters. The zero-order valence-electron chi connectivity index (χ0n) is 14.2. The van der Waals surface area contributed by atoms with Gasteiger partial charge in [-0.3, -0.25) is 9.78 Å². The average Bonchev–Trinajstić information content (AvgIpc) is 3.28. The van der Waals surface area contributed by atoms with Gasteiger partial charge in [-0.05, 0) is 43.5 Å². The van der Waals surface area contributed by atoms with Crippen LogP contribution in [0.3, 0.4) is 0 Å². The number of hydrogen-bond acceptors (Lipinski definition) is 5. The number of rotatable bonds is 4. The summed E-state index contributed by atoms with van der Waals surface area (Å²) in [6.45, 7) is 0. The van der Waals surface area contributed by atoms with Crippen molar-refractivity contribution in [2.24, 2.45) is 5.92 Å². The van der Waals surface area contributed by atoms with Crippen molar-refractivity contribution in [2.45, 2.75) is 25.4 Å². The smallest absolute Gasteiger partial charge is 0.229 e. The molecule has 26 heavy (non-hydrogen) atoms. The summed E-state index contributed by atoms with van der Waals surface area (Å²) in [4.78, 5) is 21.0. The standard InChI is InChI=1S/C19H18FN3O2S/c1-25-14-5-2-12(8-14)18(24)23-19-22-16-6-3-11(9-17(16)26-19)15-7-4-13(20)10-21-15/h3-4,6-7,9-10,12,14H,2,5,8H2,1H3,(H,22,23,24). The molecule has 5 nitrogen and oxygen atoms in total. The number of pyridine rings is 1. The van der Waals surface area contributed by atoms with E-state index in [9.17, 15) is 9.18 Å². The summed E-state index contributed by atoms with van der Waals surface area (Å²) in [6.07, 6.45) is 3.89. The fraction of sp³-hybridized carbons (Fsp3) is 0.316. The van der Waals surface area contributed by atoms with E-state index < -0.39 is 0 Å². The first-order valence-corrected chi connectivity index (χ1v) is 9.30. The number of amides is 1. The Hall–Kier alpha value is -2.38. The number of halogens is 1. The van der Waals surface area contributed by atoms with E-state index in [1.165, 1.54) is 23.6 Å². The zero-order valence-corrected chi connectivity index (χ0v) is 15.1. The zero-order chi connectivity index (χ0) is 18.1. The lowest BCUT2D eigenvalue weighted by molar-refractivity contribution is -0.119. The van der Waals surface area contributed by atoms with Gasteiger partial charge in [-0.25, -0.2) is 9.37 Å². The maximum absolute atomic E-state index is 13.0. The fourth-order valence-electron chi connectivity index (χ4n) is 3.28. The first-order chi connectivity index (χ1) is 12.6. The third-order valence-corrected chi connectivity index (χ3v) is 5.66. The van der Waals surface area contributed by atoms with Gasteiger partial charge in [-0.15, -0.1) is 0 Å². The summed E-state index contributed by atoms with van der Waals surface area (Å²) in [5.74, 6) is -0.379. The maximum atomic E-state index is 13.0. The second-order valence-corrected chi connectivity index (χ2v) is 7.45. The van der Waals surface area contributed by atoms with Gasteiger partial charge in [0.25, 0.3) is 0 Å². The molecule has 4 rings (SSSR count). The van der Waals surface area contributed by atoms with Crippen LogP contribution in [-0.2, 0) is 9.53 Å². The number of ether oxygens (including phenoxy) is 1. The molecule has 1 saturated carbocycles. The van der Waals surface area contributed by atoms with Crippen LogP contribution in [0.15, 0.2) is 36.5 Å². The van der Waals surface area contributed by atoms with Crippen molar-refractivity contribution in [3.05, 3.63) is 42.3 Å². The molecule has 134 valence electrons. The number of aromatic nitrogens is 2. The number of anilines is 1. The van der Waals surface area contributed by atoms with E-state index in [1.807, 2.05) is 18.2 Å². The summed E-state index contributed by atoms with van der Waals surface area (Å²) in [6, 6.07) is 8.78. The van der Waals surface area contributed by atoms with E-state index >= 15 is 0 Å². The Kier molecular flexibility index (Phi) is 4.65. The molecule has 0 aliphatic heterocycles. The third kappa shape index (κ3) is 3.45. The lowest BCUT2D eigenvalue weighted by atomic mass is 10.1. The number of nitrogens with one attached hydrogen (secondary N) is 1. The molecule has 1 aliphatic rings. The average molecular weight is 371 g/mol. The lowest BCUT2D eigenvalue weighted by Gasteiger charge is -2.09. The molecule has 2 unspecified atom stereocenters. The molecule has 7 heteroatoms. The van der Waals surface area contributed by atoms with Crippen molar-refractivity contribution in [1.29, 1.82) is 0 Å². The molecular weight excluding hydrogens is 353 g/mol. The Morgan fingerprint density at radius 2 is 2.19 bits per heavy atom. The molecule has 0 spiro atoms. The highest BCUT2D eigenvalue weighted by Gasteiger charge is 2.30. The van der Waals surface area contributed by atoms with Gasteiger partial charge in [0.2, 0.25) is 5.91 Å². The Balaban J connectivity index is 1.52. The van der Waals surface area contributed by atoms with Crippen molar-refractivity contribution in [2.75, 3.05) is 12.4 Å². The molecule has 0 radical (unpaired) electrons. The van der Waals surface area contributed by atoms with Crippen molar-refractivity contribution in [3.8, 4) is 11.3 Å². The van der Waals surface area contributed by atoms with E-state index in [4.69, 9.17) is 4.74 Å². The number of carbonyl (C=O) groups is 1. The fourth-order valence-corrected chi connectivity index (χ4v) is 4.19. The summed E-state index contributed by atoms with van der Waals surface area (Å²) in [5.41, 5.74) is 2.40. The Morgan fingerprint density at radius 3 is 2.92 bits per heavy atom. The van der Waals surface area contributed by atoms with E-state index in [1.54, 1.807) is 13.2 Å².